The van der Waals surface area contributed by atoms with Crippen LogP contribution in [0.5, 0.6) is 0 Å². The fourth-order valence-corrected chi connectivity index (χ4v) is 4.23. The summed E-state index contributed by atoms with van der Waals surface area (Å²) in [5, 5.41) is 3.04. The number of nitrogens with one attached hydrogen (secondary N) is 1. The molecule has 1 amide bonds. The Balaban J connectivity index is 1.60. The average molecular weight is 402 g/mol. The second-order valence-electron chi connectivity index (χ2n) is 10.4. The fourth-order valence-electron chi connectivity index (χ4n) is 4.23. The predicted octanol–water partition coefficient (Wildman–Crippen LogP) is 4.71. The van der Waals surface area contributed by atoms with E-state index < -0.39 is 5.60 Å². The molecule has 0 bridgehead atoms. The highest BCUT2D eigenvalue weighted by atomic mass is 16.6. The zero-order valence-electron chi connectivity index (χ0n) is 18.8. The quantitative estimate of drug-likeness (QED) is 0.724. The zero-order chi connectivity index (χ0) is 21.2. The molecule has 1 aliphatic carbocycles. The Bertz CT molecular complexity index is 681. The molecular formula is C24H39N3O2. The molecule has 1 unspecified atom stereocenters. The fraction of sp³-hybridized carbons (Fsp3) is 0.708. The number of hydrogen-bond acceptors (Lipinski definition) is 4. The minimum atomic E-state index is -0.456. The number of carbonyl (C=O) groups is 1. The Kier molecular flexibility index (Phi) is 6.59. The van der Waals surface area contributed by atoms with Crippen LogP contribution in [-0.2, 0) is 10.3 Å². The van der Waals surface area contributed by atoms with E-state index >= 15 is 0 Å². The van der Waals surface area contributed by atoms with Crippen LogP contribution in [0, 0.1) is 5.92 Å². The molecule has 1 aromatic rings. The predicted molar refractivity (Wildman–Crippen MR) is 118 cm³/mol. The van der Waals surface area contributed by atoms with Crippen molar-refractivity contribution in [1.82, 2.24) is 10.2 Å². The number of carbonyl (C=O) groups excluding carboxylic acids is 1. The largest absolute Gasteiger partial charge is 0.444 e. The Labute approximate surface area is 176 Å². The Morgan fingerprint density at radius 1 is 1.21 bits per heavy atom. The normalized spacial score (nSPS) is 21.1. The van der Waals surface area contributed by atoms with E-state index in [9.17, 15) is 4.79 Å². The Morgan fingerprint density at radius 2 is 1.79 bits per heavy atom. The molecular weight excluding hydrogens is 362 g/mol. The molecule has 1 aliphatic heterocycles. The van der Waals surface area contributed by atoms with Crippen molar-refractivity contribution in [3.8, 4) is 0 Å². The smallest absolute Gasteiger partial charge is 0.407 e. The van der Waals surface area contributed by atoms with Crippen molar-refractivity contribution < 1.29 is 9.53 Å². The molecule has 0 spiro atoms. The van der Waals surface area contributed by atoms with E-state index in [1.54, 1.807) is 0 Å². The SMILES string of the molecule is CC(C)CC(c1ccc(C2(N)CC2)cc1)N1CCC(NC(=O)OC(C)(C)C)CC1. The van der Waals surface area contributed by atoms with Gasteiger partial charge in [0.25, 0.3) is 0 Å². The summed E-state index contributed by atoms with van der Waals surface area (Å²) in [5.41, 5.74) is 8.48. The molecule has 1 heterocycles. The lowest BCUT2D eigenvalue weighted by Gasteiger charge is -2.39. The molecule has 1 saturated carbocycles. The lowest BCUT2D eigenvalue weighted by atomic mass is 9.91. The maximum Gasteiger partial charge on any atom is 0.407 e. The third kappa shape index (κ3) is 6.19. The first-order valence-corrected chi connectivity index (χ1v) is 11.2. The van der Waals surface area contributed by atoms with Gasteiger partial charge in [-0.05, 0) is 69.9 Å². The molecule has 3 N–H and O–H groups in total. The third-order valence-electron chi connectivity index (χ3n) is 6.04. The standard InChI is InChI=1S/C24H39N3O2/c1-17(2)16-21(18-6-8-19(9-7-18)24(25)12-13-24)27-14-10-20(11-15-27)26-22(28)29-23(3,4)5/h6-9,17,20-21H,10-16,25H2,1-5H3,(H,26,28). The summed E-state index contributed by atoms with van der Waals surface area (Å²) in [6.07, 6.45) is 4.94. The molecule has 5 nitrogen and oxygen atoms in total. The van der Waals surface area contributed by atoms with Crippen molar-refractivity contribution in [2.24, 2.45) is 11.7 Å². The number of hydrogen-bond donors (Lipinski definition) is 2. The molecule has 3 rings (SSSR count). The summed E-state index contributed by atoms with van der Waals surface area (Å²) in [4.78, 5) is 14.7. The lowest BCUT2D eigenvalue weighted by Crippen LogP contribution is -2.47. The van der Waals surface area contributed by atoms with Gasteiger partial charge in [0.05, 0.1) is 0 Å². The Morgan fingerprint density at radius 3 is 2.28 bits per heavy atom. The van der Waals surface area contributed by atoms with E-state index in [0.717, 1.165) is 45.2 Å². The van der Waals surface area contributed by atoms with Crippen LogP contribution >= 0.6 is 0 Å². The van der Waals surface area contributed by atoms with E-state index in [1.165, 1.54) is 11.1 Å². The van der Waals surface area contributed by atoms with E-state index in [4.69, 9.17) is 10.5 Å². The molecule has 2 aliphatic rings. The average Bonchev–Trinajstić information content (AvgIpc) is 3.38. The van der Waals surface area contributed by atoms with Gasteiger partial charge < -0.3 is 15.8 Å². The Hall–Kier alpha value is -1.59. The number of amides is 1. The topological polar surface area (TPSA) is 67.6 Å². The molecule has 5 heteroatoms. The second kappa shape index (κ2) is 8.65. The van der Waals surface area contributed by atoms with Crippen LogP contribution in [0.15, 0.2) is 24.3 Å². The highest BCUT2D eigenvalue weighted by molar-refractivity contribution is 5.68. The minimum Gasteiger partial charge on any atom is -0.444 e. The van der Waals surface area contributed by atoms with Crippen LogP contribution in [0.3, 0.4) is 0 Å². The first-order valence-electron chi connectivity index (χ1n) is 11.2. The monoisotopic (exact) mass is 401 g/mol. The van der Waals surface area contributed by atoms with E-state index in [2.05, 4.69) is 48.3 Å². The number of likely N-dealkylation sites (tertiary alicyclic amines) is 1. The number of nitrogens with zero attached hydrogens (tertiary/aromatic N) is 1. The van der Waals surface area contributed by atoms with Crippen molar-refractivity contribution in [1.29, 1.82) is 0 Å². The van der Waals surface area contributed by atoms with Crippen LogP contribution in [-0.4, -0.2) is 35.7 Å². The van der Waals surface area contributed by atoms with Crippen LogP contribution in [0.1, 0.15) is 83.9 Å². The first-order chi connectivity index (χ1) is 13.6. The van der Waals surface area contributed by atoms with Crippen molar-refractivity contribution in [2.75, 3.05) is 13.1 Å². The third-order valence-corrected chi connectivity index (χ3v) is 6.04. The van der Waals surface area contributed by atoms with Gasteiger partial charge in [-0.1, -0.05) is 38.1 Å². The summed E-state index contributed by atoms with van der Waals surface area (Å²) < 4.78 is 5.41. The van der Waals surface area contributed by atoms with Crippen LogP contribution < -0.4 is 11.1 Å². The van der Waals surface area contributed by atoms with Crippen LogP contribution in [0.4, 0.5) is 4.79 Å². The van der Waals surface area contributed by atoms with E-state index in [0.29, 0.717) is 12.0 Å². The molecule has 0 radical (unpaired) electrons. The molecule has 0 aromatic heterocycles. The van der Waals surface area contributed by atoms with Gasteiger partial charge >= 0.3 is 6.09 Å². The summed E-state index contributed by atoms with van der Waals surface area (Å²) in [5.74, 6) is 0.626. The van der Waals surface area contributed by atoms with Gasteiger partial charge in [-0.2, -0.15) is 0 Å². The van der Waals surface area contributed by atoms with Crippen molar-refractivity contribution in [2.45, 2.75) is 89.9 Å². The van der Waals surface area contributed by atoms with Gasteiger partial charge in [0, 0.05) is 30.7 Å². The van der Waals surface area contributed by atoms with Gasteiger partial charge in [-0.25, -0.2) is 4.79 Å². The van der Waals surface area contributed by atoms with Gasteiger partial charge in [0.1, 0.15) is 5.60 Å². The van der Waals surface area contributed by atoms with Crippen molar-refractivity contribution in [3.63, 3.8) is 0 Å². The molecule has 162 valence electrons. The number of ether oxygens (including phenoxy) is 1. The first kappa shape index (κ1) is 22.1. The van der Waals surface area contributed by atoms with Crippen molar-refractivity contribution in [3.05, 3.63) is 35.4 Å². The number of benzene rings is 1. The summed E-state index contributed by atoms with van der Waals surface area (Å²) in [6, 6.07) is 9.62. The maximum absolute atomic E-state index is 12.1. The molecule has 1 atom stereocenters. The van der Waals surface area contributed by atoms with E-state index in [-0.39, 0.29) is 17.7 Å². The molecule has 2 fully saturated rings. The number of nitrogens with two attached hydrogens (primary N) is 1. The van der Waals surface area contributed by atoms with Crippen LogP contribution in [0.2, 0.25) is 0 Å². The number of piperidine rings is 1. The zero-order valence-corrected chi connectivity index (χ0v) is 18.8. The van der Waals surface area contributed by atoms with E-state index in [1.807, 2.05) is 20.8 Å². The summed E-state index contributed by atoms with van der Waals surface area (Å²) >= 11 is 0. The number of alkyl carbamates (subject to hydrolysis) is 1. The molecule has 1 saturated heterocycles. The number of rotatable bonds is 6. The molecule has 1 aromatic carbocycles. The van der Waals surface area contributed by atoms with Gasteiger partial charge in [0.2, 0.25) is 0 Å². The lowest BCUT2D eigenvalue weighted by molar-refractivity contribution is 0.0463. The van der Waals surface area contributed by atoms with Gasteiger partial charge in [-0.3, -0.25) is 4.90 Å². The van der Waals surface area contributed by atoms with Gasteiger partial charge in [0.15, 0.2) is 0 Å². The highest BCUT2D eigenvalue weighted by Gasteiger charge is 2.40. The highest BCUT2D eigenvalue weighted by Crippen LogP contribution is 2.43. The van der Waals surface area contributed by atoms with Crippen molar-refractivity contribution >= 4 is 6.09 Å². The molecule has 29 heavy (non-hydrogen) atoms. The summed E-state index contributed by atoms with van der Waals surface area (Å²) in [7, 11) is 0. The second-order valence-corrected chi connectivity index (χ2v) is 10.4. The van der Waals surface area contributed by atoms with Gasteiger partial charge in [-0.15, -0.1) is 0 Å². The van der Waals surface area contributed by atoms with Crippen LogP contribution in [0.25, 0.3) is 0 Å². The minimum absolute atomic E-state index is 0.0717. The maximum atomic E-state index is 12.1. The summed E-state index contributed by atoms with van der Waals surface area (Å²) in [6.45, 7) is 12.2.